The van der Waals surface area contributed by atoms with Gasteiger partial charge in [-0.05, 0) is 56.4 Å². The third-order valence-electron chi connectivity index (χ3n) is 3.69. The van der Waals surface area contributed by atoms with Crippen molar-refractivity contribution in [3.05, 3.63) is 60.3 Å². The Morgan fingerprint density at radius 3 is 2.69 bits per heavy atom. The Hall–Kier alpha value is -2.57. The summed E-state index contributed by atoms with van der Waals surface area (Å²) in [6.45, 7) is 2.31. The molecule has 2 aromatic carbocycles. The molecule has 6 heteroatoms. The molecule has 0 saturated carbocycles. The summed E-state index contributed by atoms with van der Waals surface area (Å²) < 4.78 is 3.39. The molecule has 0 aliphatic rings. The van der Waals surface area contributed by atoms with Crippen LogP contribution in [0.2, 0.25) is 0 Å². The van der Waals surface area contributed by atoms with Crippen LogP contribution in [0.1, 0.15) is 12.6 Å². The first-order valence-corrected chi connectivity index (χ1v) is 9.17. The van der Waals surface area contributed by atoms with Crippen LogP contribution in [0.3, 0.4) is 0 Å². The van der Waals surface area contributed by atoms with Gasteiger partial charge in [-0.1, -0.05) is 24.3 Å². The summed E-state index contributed by atoms with van der Waals surface area (Å²) in [4.78, 5) is 19.1. The van der Waals surface area contributed by atoms with Crippen LogP contribution in [-0.2, 0) is 11.3 Å². The van der Waals surface area contributed by atoms with Crippen molar-refractivity contribution in [2.45, 2.75) is 18.4 Å². The van der Waals surface area contributed by atoms with Crippen LogP contribution in [0, 0.1) is 0 Å². The molecule has 1 heterocycles. The van der Waals surface area contributed by atoms with Gasteiger partial charge in [-0.3, -0.25) is 4.79 Å². The van der Waals surface area contributed by atoms with Gasteiger partial charge in [0.25, 0.3) is 0 Å². The summed E-state index contributed by atoms with van der Waals surface area (Å²) in [5, 5.41) is 3.90. The number of amides is 1. The Kier molecular flexibility index (Phi) is 5.75. The molecule has 1 amide bonds. The van der Waals surface area contributed by atoms with Gasteiger partial charge in [0, 0.05) is 29.4 Å². The van der Waals surface area contributed by atoms with Crippen molar-refractivity contribution in [1.29, 1.82) is 0 Å². The highest BCUT2D eigenvalue weighted by Crippen LogP contribution is 2.28. The highest BCUT2D eigenvalue weighted by atomic mass is 32.2. The summed E-state index contributed by atoms with van der Waals surface area (Å²) in [5.41, 5.74) is 3.75. The molecule has 3 rings (SSSR count). The fraction of sp³-hybridized carbons (Fsp3) is 0.200. The van der Waals surface area contributed by atoms with E-state index in [-0.39, 0.29) is 5.91 Å². The number of aromatic nitrogens is 1. The maximum absolute atomic E-state index is 11.2. The van der Waals surface area contributed by atoms with Gasteiger partial charge in [0.2, 0.25) is 5.91 Å². The van der Waals surface area contributed by atoms with Gasteiger partial charge in [0.1, 0.15) is 0 Å². The molecular formula is C20H22N4OS. The number of hydrogen-bond donors (Lipinski definition) is 2. The summed E-state index contributed by atoms with van der Waals surface area (Å²) in [7, 11) is 4.07. The second kappa shape index (κ2) is 8.21. The molecule has 0 radical (unpaired) electrons. The Balaban J connectivity index is 1.81. The lowest BCUT2D eigenvalue weighted by Crippen LogP contribution is -2.11. The second-order valence-corrected chi connectivity index (χ2v) is 7.21. The lowest BCUT2D eigenvalue weighted by atomic mass is 10.2. The molecule has 26 heavy (non-hydrogen) atoms. The van der Waals surface area contributed by atoms with Crippen molar-refractivity contribution in [2.24, 2.45) is 0 Å². The lowest BCUT2D eigenvalue weighted by molar-refractivity contribution is -0.114. The summed E-state index contributed by atoms with van der Waals surface area (Å²) >= 11 is 1.50. The molecule has 134 valence electrons. The van der Waals surface area contributed by atoms with Crippen LogP contribution < -0.4 is 10.0 Å². The van der Waals surface area contributed by atoms with E-state index in [1.54, 1.807) is 0 Å². The number of nitrogens with one attached hydrogen (secondary N) is 2. The number of hydrogen-bond acceptors (Lipinski definition) is 5. The molecule has 3 aromatic rings. The van der Waals surface area contributed by atoms with Crippen molar-refractivity contribution < 1.29 is 4.79 Å². The Bertz CT molecular complexity index is 927. The largest absolute Gasteiger partial charge is 0.326 e. The van der Waals surface area contributed by atoms with Crippen LogP contribution in [0.5, 0.6) is 0 Å². The first-order chi connectivity index (χ1) is 12.5. The molecule has 0 aliphatic carbocycles. The molecule has 2 N–H and O–H groups in total. The minimum atomic E-state index is -0.0771. The number of para-hydroxylation sites is 1. The Morgan fingerprint density at radius 1 is 1.12 bits per heavy atom. The van der Waals surface area contributed by atoms with E-state index in [0.717, 1.165) is 39.4 Å². The monoisotopic (exact) mass is 366 g/mol. The summed E-state index contributed by atoms with van der Waals surface area (Å²) in [6.07, 6.45) is 0. The standard InChI is InChI=1S/C20H22N4OS/c1-14(25)21-16-7-5-8-18(12-16)26-23-19-9-4-6-15-10-11-17(13-24(2)3)22-20(15)19/h4-12,23H,13H2,1-3H3,(H,21,25). The van der Waals surface area contributed by atoms with E-state index < -0.39 is 0 Å². The second-order valence-electron chi connectivity index (χ2n) is 6.33. The molecule has 0 unspecified atom stereocenters. The van der Waals surface area contributed by atoms with E-state index in [4.69, 9.17) is 4.98 Å². The van der Waals surface area contributed by atoms with Crippen LogP contribution in [0.4, 0.5) is 11.4 Å². The number of benzene rings is 2. The predicted octanol–water partition coefficient (Wildman–Crippen LogP) is 4.37. The smallest absolute Gasteiger partial charge is 0.221 e. The van der Waals surface area contributed by atoms with Gasteiger partial charge in [-0.2, -0.15) is 0 Å². The van der Waals surface area contributed by atoms with Gasteiger partial charge in [0.15, 0.2) is 0 Å². The number of nitrogens with zero attached hydrogens (tertiary/aromatic N) is 2. The normalized spacial score (nSPS) is 10.9. The van der Waals surface area contributed by atoms with E-state index in [1.165, 1.54) is 18.9 Å². The predicted molar refractivity (Wildman–Crippen MR) is 109 cm³/mol. The SMILES string of the molecule is CC(=O)Nc1cccc(SNc2cccc3ccc(CN(C)C)nc23)c1. The van der Waals surface area contributed by atoms with E-state index in [1.807, 2.05) is 50.5 Å². The average molecular weight is 366 g/mol. The highest BCUT2D eigenvalue weighted by Gasteiger charge is 2.06. The average Bonchev–Trinajstić information content (AvgIpc) is 2.59. The highest BCUT2D eigenvalue weighted by molar-refractivity contribution is 8.00. The van der Waals surface area contributed by atoms with Crippen molar-refractivity contribution in [3.8, 4) is 0 Å². The molecule has 0 fully saturated rings. The van der Waals surface area contributed by atoms with Crippen molar-refractivity contribution >= 4 is 40.1 Å². The number of rotatable bonds is 6. The van der Waals surface area contributed by atoms with Gasteiger partial charge in [0.05, 0.1) is 16.9 Å². The van der Waals surface area contributed by atoms with Crippen molar-refractivity contribution in [2.75, 3.05) is 24.1 Å². The zero-order valence-electron chi connectivity index (χ0n) is 15.1. The van der Waals surface area contributed by atoms with E-state index in [0.29, 0.717) is 0 Å². The minimum absolute atomic E-state index is 0.0771. The third-order valence-corrected chi connectivity index (χ3v) is 4.50. The van der Waals surface area contributed by atoms with E-state index in [9.17, 15) is 4.79 Å². The van der Waals surface area contributed by atoms with Crippen LogP contribution >= 0.6 is 11.9 Å². The number of carbonyl (C=O) groups is 1. The van der Waals surface area contributed by atoms with E-state index >= 15 is 0 Å². The lowest BCUT2D eigenvalue weighted by Gasteiger charge is -2.12. The molecule has 0 saturated heterocycles. The van der Waals surface area contributed by atoms with Gasteiger partial charge >= 0.3 is 0 Å². The third kappa shape index (κ3) is 4.74. The van der Waals surface area contributed by atoms with Crippen LogP contribution in [-0.4, -0.2) is 29.9 Å². The Labute approximate surface area is 157 Å². The van der Waals surface area contributed by atoms with Crippen molar-refractivity contribution in [1.82, 2.24) is 9.88 Å². The maximum Gasteiger partial charge on any atom is 0.221 e. The fourth-order valence-corrected chi connectivity index (χ4v) is 3.36. The molecular weight excluding hydrogens is 344 g/mol. The molecule has 0 atom stereocenters. The van der Waals surface area contributed by atoms with Crippen LogP contribution in [0.25, 0.3) is 10.9 Å². The number of anilines is 2. The summed E-state index contributed by atoms with van der Waals surface area (Å²) in [6, 6.07) is 18.0. The van der Waals surface area contributed by atoms with E-state index in [2.05, 4.69) is 33.1 Å². The topological polar surface area (TPSA) is 57.3 Å². The molecule has 0 bridgehead atoms. The van der Waals surface area contributed by atoms with Crippen LogP contribution in [0.15, 0.2) is 59.5 Å². The van der Waals surface area contributed by atoms with Crippen molar-refractivity contribution in [3.63, 3.8) is 0 Å². The quantitative estimate of drug-likeness (QED) is 0.634. The molecule has 0 aliphatic heterocycles. The number of fused-ring (bicyclic) bond motifs is 1. The maximum atomic E-state index is 11.2. The minimum Gasteiger partial charge on any atom is -0.326 e. The number of pyridine rings is 1. The zero-order valence-corrected chi connectivity index (χ0v) is 15.9. The van der Waals surface area contributed by atoms with Gasteiger partial charge in [-0.15, -0.1) is 0 Å². The number of carbonyl (C=O) groups excluding carboxylic acids is 1. The molecule has 0 spiro atoms. The zero-order chi connectivity index (χ0) is 18.5. The van der Waals surface area contributed by atoms with Gasteiger partial charge in [-0.25, -0.2) is 4.98 Å². The molecule has 5 nitrogen and oxygen atoms in total. The summed E-state index contributed by atoms with van der Waals surface area (Å²) in [5.74, 6) is -0.0771. The van der Waals surface area contributed by atoms with Gasteiger partial charge < -0.3 is 14.9 Å². The first kappa shape index (κ1) is 18.2. The first-order valence-electron chi connectivity index (χ1n) is 8.35. The Morgan fingerprint density at radius 2 is 1.92 bits per heavy atom. The molecule has 1 aromatic heterocycles. The fourth-order valence-electron chi connectivity index (χ4n) is 2.64.